The zero-order valence-electron chi connectivity index (χ0n) is 12.0. The number of rotatable bonds is 4. The lowest BCUT2D eigenvalue weighted by Gasteiger charge is -2.08. The predicted octanol–water partition coefficient (Wildman–Crippen LogP) is 6.08. The average molecular weight is 349 g/mol. The number of thiophene rings is 1. The summed E-state index contributed by atoms with van der Waals surface area (Å²) in [5, 5.41) is 1.28. The van der Waals surface area contributed by atoms with Gasteiger partial charge in [0.25, 0.3) is 0 Å². The highest BCUT2D eigenvalue weighted by molar-refractivity contribution is 7.16. The van der Waals surface area contributed by atoms with Gasteiger partial charge in [0.05, 0.1) is 4.88 Å². The molecule has 22 heavy (non-hydrogen) atoms. The van der Waals surface area contributed by atoms with Gasteiger partial charge in [-0.15, -0.1) is 17.9 Å². The number of nitrogens with zero attached hydrogens (tertiary/aromatic N) is 2. The fourth-order valence-corrected chi connectivity index (χ4v) is 3.94. The minimum Gasteiger partial charge on any atom is -0.326 e. The molecule has 0 radical (unpaired) electrons. The Labute approximate surface area is 143 Å². The van der Waals surface area contributed by atoms with Gasteiger partial charge in [0.1, 0.15) is 0 Å². The lowest BCUT2D eigenvalue weighted by molar-refractivity contribution is 0.834. The third kappa shape index (κ3) is 2.84. The molecule has 0 N–H and O–H groups in total. The van der Waals surface area contributed by atoms with E-state index in [1.165, 1.54) is 4.88 Å². The van der Waals surface area contributed by atoms with E-state index >= 15 is 0 Å². The Morgan fingerprint density at radius 3 is 2.82 bits per heavy atom. The first-order chi connectivity index (χ1) is 10.6. The number of halogens is 2. The highest BCUT2D eigenvalue weighted by Gasteiger charge is 2.17. The number of allylic oxidation sites excluding steroid dienone is 1. The van der Waals surface area contributed by atoms with Crippen LogP contribution in [-0.2, 0) is 6.54 Å². The molecule has 0 aliphatic heterocycles. The minimum absolute atomic E-state index is 0.635. The van der Waals surface area contributed by atoms with E-state index < -0.39 is 0 Å². The SMILES string of the molecule is C=CCn1ccnc1-c1sc(C)cc1-c1ccc(Cl)cc1Cl. The lowest BCUT2D eigenvalue weighted by Crippen LogP contribution is -1.96. The summed E-state index contributed by atoms with van der Waals surface area (Å²) in [6.07, 6.45) is 5.63. The topological polar surface area (TPSA) is 17.8 Å². The molecule has 2 aromatic heterocycles. The number of aryl methyl sites for hydroxylation is 1. The monoisotopic (exact) mass is 348 g/mol. The quantitative estimate of drug-likeness (QED) is 0.522. The minimum atomic E-state index is 0.635. The van der Waals surface area contributed by atoms with Crippen molar-refractivity contribution in [3.63, 3.8) is 0 Å². The van der Waals surface area contributed by atoms with Gasteiger partial charge in [-0.1, -0.05) is 35.3 Å². The Morgan fingerprint density at radius 1 is 1.27 bits per heavy atom. The van der Waals surface area contributed by atoms with Crippen molar-refractivity contribution in [1.82, 2.24) is 9.55 Å². The fraction of sp³-hybridized carbons (Fsp3) is 0.118. The molecular formula is C17H14Cl2N2S. The van der Waals surface area contributed by atoms with Crippen LogP contribution in [0.4, 0.5) is 0 Å². The normalized spacial score (nSPS) is 10.9. The van der Waals surface area contributed by atoms with E-state index in [2.05, 4.69) is 29.1 Å². The second-order valence-electron chi connectivity index (χ2n) is 4.92. The molecule has 0 saturated heterocycles. The molecule has 1 aromatic carbocycles. The Morgan fingerprint density at radius 2 is 2.09 bits per heavy atom. The van der Waals surface area contributed by atoms with Gasteiger partial charge in [-0.2, -0.15) is 0 Å². The van der Waals surface area contributed by atoms with Crippen LogP contribution in [0.1, 0.15) is 4.88 Å². The Bertz CT molecular complexity index is 833. The first-order valence-electron chi connectivity index (χ1n) is 6.78. The van der Waals surface area contributed by atoms with Crippen LogP contribution in [0.2, 0.25) is 10.0 Å². The summed E-state index contributed by atoms with van der Waals surface area (Å²) in [6, 6.07) is 7.72. The molecule has 0 amide bonds. The highest BCUT2D eigenvalue weighted by atomic mass is 35.5. The lowest BCUT2D eigenvalue weighted by atomic mass is 10.1. The maximum absolute atomic E-state index is 6.38. The molecule has 0 fully saturated rings. The number of aromatic nitrogens is 2. The van der Waals surface area contributed by atoms with Gasteiger partial charge in [-0.05, 0) is 25.1 Å². The molecule has 0 bridgehead atoms. The number of hydrogen-bond donors (Lipinski definition) is 0. The van der Waals surface area contributed by atoms with Crippen molar-refractivity contribution < 1.29 is 0 Å². The molecule has 5 heteroatoms. The van der Waals surface area contributed by atoms with E-state index in [1.54, 1.807) is 23.6 Å². The molecular weight excluding hydrogens is 335 g/mol. The number of imidazole rings is 1. The molecule has 0 aliphatic carbocycles. The van der Waals surface area contributed by atoms with Crippen LogP contribution in [-0.4, -0.2) is 9.55 Å². The van der Waals surface area contributed by atoms with Crippen molar-refractivity contribution in [3.05, 3.63) is 64.2 Å². The molecule has 0 saturated carbocycles. The standard InChI is InChI=1S/C17H14Cl2N2S/c1-3-7-21-8-6-20-17(21)16-14(9-11(2)22-16)13-5-4-12(18)10-15(13)19/h3-6,8-10H,1,7H2,2H3. The summed E-state index contributed by atoms with van der Waals surface area (Å²) in [6.45, 7) is 6.61. The molecule has 3 rings (SSSR count). The van der Waals surface area contributed by atoms with E-state index in [1.807, 2.05) is 24.4 Å². The van der Waals surface area contributed by atoms with Crippen LogP contribution in [0.25, 0.3) is 21.8 Å². The van der Waals surface area contributed by atoms with Gasteiger partial charge in [0.2, 0.25) is 0 Å². The van der Waals surface area contributed by atoms with Crippen LogP contribution in [0, 0.1) is 6.92 Å². The van der Waals surface area contributed by atoms with Gasteiger partial charge in [0, 0.05) is 45.0 Å². The Kier molecular flexibility index (Phi) is 4.39. The first-order valence-corrected chi connectivity index (χ1v) is 8.35. The summed E-state index contributed by atoms with van der Waals surface area (Å²) in [5.41, 5.74) is 2.05. The maximum atomic E-state index is 6.38. The predicted molar refractivity (Wildman–Crippen MR) is 95.9 cm³/mol. The van der Waals surface area contributed by atoms with Crippen molar-refractivity contribution in [2.24, 2.45) is 0 Å². The van der Waals surface area contributed by atoms with Crippen molar-refractivity contribution >= 4 is 34.5 Å². The largest absolute Gasteiger partial charge is 0.326 e. The highest BCUT2D eigenvalue weighted by Crippen LogP contribution is 2.41. The maximum Gasteiger partial charge on any atom is 0.150 e. The van der Waals surface area contributed by atoms with E-state index in [-0.39, 0.29) is 0 Å². The smallest absolute Gasteiger partial charge is 0.150 e. The van der Waals surface area contributed by atoms with Gasteiger partial charge in [-0.25, -0.2) is 4.98 Å². The molecule has 2 nitrogen and oxygen atoms in total. The van der Waals surface area contributed by atoms with Crippen molar-refractivity contribution in [3.8, 4) is 21.8 Å². The number of benzene rings is 1. The molecule has 0 atom stereocenters. The van der Waals surface area contributed by atoms with Crippen LogP contribution < -0.4 is 0 Å². The Balaban J connectivity index is 2.18. The zero-order valence-corrected chi connectivity index (χ0v) is 14.3. The summed E-state index contributed by atoms with van der Waals surface area (Å²) in [4.78, 5) is 6.83. The Hall–Kier alpha value is -1.55. The first kappa shape index (κ1) is 15.3. The van der Waals surface area contributed by atoms with Crippen molar-refractivity contribution in [2.45, 2.75) is 13.5 Å². The molecule has 112 valence electrons. The third-order valence-corrected chi connectivity index (χ3v) is 4.92. The second kappa shape index (κ2) is 6.29. The summed E-state index contributed by atoms with van der Waals surface area (Å²) in [7, 11) is 0. The van der Waals surface area contributed by atoms with Gasteiger partial charge < -0.3 is 4.57 Å². The molecule has 0 unspecified atom stereocenters. The van der Waals surface area contributed by atoms with Crippen LogP contribution in [0.15, 0.2) is 49.3 Å². The van der Waals surface area contributed by atoms with Crippen LogP contribution >= 0.6 is 34.5 Å². The second-order valence-corrected chi connectivity index (χ2v) is 7.02. The molecule has 2 heterocycles. The fourth-order valence-electron chi connectivity index (χ4n) is 2.39. The summed E-state index contributed by atoms with van der Waals surface area (Å²) in [5.74, 6) is 0.930. The molecule has 0 spiro atoms. The summed E-state index contributed by atoms with van der Waals surface area (Å²) >= 11 is 14.1. The van der Waals surface area contributed by atoms with E-state index in [9.17, 15) is 0 Å². The van der Waals surface area contributed by atoms with E-state index in [0.717, 1.165) is 28.4 Å². The molecule has 0 aliphatic rings. The van der Waals surface area contributed by atoms with Crippen molar-refractivity contribution in [1.29, 1.82) is 0 Å². The van der Waals surface area contributed by atoms with E-state index in [4.69, 9.17) is 23.2 Å². The van der Waals surface area contributed by atoms with Gasteiger partial charge in [-0.3, -0.25) is 0 Å². The molecule has 3 aromatic rings. The van der Waals surface area contributed by atoms with Crippen molar-refractivity contribution in [2.75, 3.05) is 0 Å². The van der Waals surface area contributed by atoms with Gasteiger partial charge in [0.15, 0.2) is 5.82 Å². The average Bonchev–Trinajstić information content (AvgIpc) is 3.05. The number of hydrogen-bond acceptors (Lipinski definition) is 2. The van der Waals surface area contributed by atoms with E-state index in [0.29, 0.717) is 10.0 Å². The van der Waals surface area contributed by atoms with Gasteiger partial charge >= 0.3 is 0 Å². The summed E-state index contributed by atoms with van der Waals surface area (Å²) < 4.78 is 2.07. The van der Waals surface area contributed by atoms with Crippen LogP contribution in [0.3, 0.4) is 0 Å². The zero-order chi connectivity index (χ0) is 15.7. The van der Waals surface area contributed by atoms with Crippen LogP contribution in [0.5, 0.6) is 0 Å². The third-order valence-electron chi connectivity index (χ3n) is 3.32.